The van der Waals surface area contributed by atoms with Crippen LogP contribution in [0.5, 0.6) is 0 Å². The van der Waals surface area contributed by atoms with Crippen molar-refractivity contribution in [3.63, 3.8) is 0 Å². The number of anilines is 1. The first-order chi connectivity index (χ1) is 5.65. The summed E-state index contributed by atoms with van der Waals surface area (Å²) in [6.07, 6.45) is 3.03. The second kappa shape index (κ2) is 3.21. The minimum atomic E-state index is 0.416. The Morgan fingerprint density at radius 3 is 2.33 bits per heavy atom. The Kier molecular flexibility index (Phi) is 2.28. The van der Waals surface area contributed by atoms with E-state index in [-0.39, 0.29) is 0 Å². The molecule has 0 saturated heterocycles. The van der Waals surface area contributed by atoms with Crippen LogP contribution in [0.2, 0.25) is 0 Å². The molecule has 0 aliphatic heterocycles. The molecule has 1 aromatic rings. The van der Waals surface area contributed by atoms with Crippen LogP contribution >= 0.6 is 0 Å². The van der Waals surface area contributed by atoms with Crippen LogP contribution in [0.15, 0.2) is 6.20 Å². The van der Waals surface area contributed by atoms with Crippen molar-refractivity contribution in [2.45, 2.75) is 13.8 Å². The number of aromatic nitrogens is 2. The zero-order valence-electron chi connectivity index (χ0n) is 7.20. The minimum Gasteiger partial charge on any atom is -0.405 e. The first kappa shape index (κ1) is 8.52. The summed E-state index contributed by atoms with van der Waals surface area (Å²) < 4.78 is 0. The molecule has 4 nitrogen and oxygen atoms in total. The quantitative estimate of drug-likeness (QED) is 0.637. The van der Waals surface area contributed by atoms with Crippen molar-refractivity contribution in [3.8, 4) is 0 Å². The molecule has 64 valence electrons. The third-order valence-electron chi connectivity index (χ3n) is 1.62. The van der Waals surface area contributed by atoms with E-state index in [2.05, 4.69) is 9.97 Å². The molecule has 0 fully saturated rings. The van der Waals surface area contributed by atoms with Crippen LogP contribution in [-0.2, 0) is 0 Å². The third kappa shape index (κ3) is 1.53. The summed E-state index contributed by atoms with van der Waals surface area (Å²) in [5.41, 5.74) is 13.2. The standard InChI is InChI=1S/C8H12N4/c1-5-6(2)12-8(10)7(11-5)3-4-9/h3-4H,9H2,1-2H3,(H2,10,12)/b4-3-. The fourth-order valence-electron chi connectivity index (χ4n) is 0.852. The molecular formula is C8H12N4. The maximum atomic E-state index is 5.60. The molecule has 0 aliphatic carbocycles. The summed E-state index contributed by atoms with van der Waals surface area (Å²) in [7, 11) is 0. The summed E-state index contributed by atoms with van der Waals surface area (Å²) in [4.78, 5) is 8.31. The lowest BCUT2D eigenvalue weighted by Crippen LogP contribution is -2.02. The lowest BCUT2D eigenvalue weighted by molar-refractivity contribution is 1.04. The van der Waals surface area contributed by atoms with Gasteiger partial charge in [-0.15, -0.1) is 0 Å². The van der Waals surface area contributed by atoms with E-state index in [9.17, 15) is 0 Å². The minimum absolute atomic E-state index is 0.416. The van der Waals surface area contributed by atoms with Gasteiger partial charge in [-0.1, -0.05) is 0 Å². The molecule has 1 heterocycles. The predicted octanol–water partition coefficient (Wildman–Crippen LogP) is 0.605. The molecule has 4 N–H and O–H groups in total. The number of rotatable bonds is 1. The fraction of sp³-hybridized carbons (Fsp3) is 0.250. The lowest BCUT2D eigenvalue weighted by atomic mass is 10.3. The average Bonchev–Trinajstić information content (AvgIpc) is 2.01. The highest BCUT2D eigenvalue weighted by Crippen LogP contribution is 2.10. The molecule has 0 aromatic carbocycles. The van der Waals surface area contributed by atoms with Gasteiger partial charge in [-0.25, -0.2) is 9.97 Å². The van der Waals surface area contributed by atoms with Crippen LogP contribution in [0, 0.1) is 13.8 Å². The van der Waals surface area contributed by atoms with Crippen LogP contribution < -0.4 is 11.5 Å². The van der Waals surface area contributed by atoms with E-state index >= 15 is 0 Å². The van der Waals surface area contributed by atoms with Crippen LogP contribution in [0.4, 0.5) is 5.82 Å². The highest BCUT2D eigenvalue weighted by Gasteiger charge is 2.01. The van der Waals surface area contributed by atoms with Crippen molar-refractivity contribution in [2.24, 2.45) is 5.73 Å². The van der Waals surface area contributed by atoms with Gasteiger partial charge in [0.15, 0.2) is 0 Å². The van der Waals surface area contributed by atoms with E-state index < -0.39 is 0 Å². The van der Waals surface area contributed by atoms with Gasteiger partial charge in [0.25, 0.3) is 0 Å². The number of nitrogens with zero attached hydrogens (tertiary/aromatic N) is 2. The number of nitrogen functional groups attached to an aromatic ring is 1. The molecule has 0 radical (unpaired) electrons. The van der Waals surface area contributed by atoms with Crippen molar-refractivity contribution in [3.05, 3.63) is 23.3 Å². The van der Waals surface area contributed by atoms with Crippen molar-refractivity contribution in [1.82, 2.24) is 9.97 Å². The molecule has 1 aromatic heterocycles. The van der Waals surface area contributed by atoms with Gasteiger partial charge in [-0.2, -0.15) is 0 Å². The smallest absolute Gasteiger partial charge is 0.149 e. The second-order valence-electron chi connectivity index (χ2n) is 2.52. The van der Waals surface area contributed by atoms with Crippen LogP contribution in [-0.4, -0.2) is 9.97 Å². The topological polar surface area (TPSA) is 77.8 Å². The van der Waals surface area contributed by atoms with Crippen molar-refractivity contribution in [2.75, 3.05) is 5.73 Å². The predicted molar refractivity (Wildman–Crippen MR) is 49.1 cm³/mol. The first-order valence-electron chi connectivity index (χ1n) is 3.64. The summed E-state index contributed by atoms with van der Waals surface area (Å²) in [6.45, 7) is 3.75. The van der Waals surface area contributed by atoms with Crippen LogP contribution in [0.3, 0.4) is 0 Å². The Labute approximate surface area is 71.3 Å². The molecular weight excluding hydrogens is 152 g/mol. The Balaban J connectivity index is 3.23. The lowest BCUT2D eigenvalue weighted by Gasteiger charge is -2.02. The second-order valence-corrected chi connectivity index (χ2v) is 2.52. The highest BCUT2D eigenvalue weighted by atomic mass is 14.9. The van der Waals surface area contributed by atoms with Crippen molar-refractivity contribution in [1.29, 1.82) is 0 Å². The van der Waals surface area contributed by atoms with Crippen molar-refractivity contribution < 1.29 is 0 Å². The maximum Gasteiger partial charge on any atom is 0.149 e. The van der Waals surface area contributed by atoms with E-state index in [4.69, 9.17) is 11.5 Å². The third-order valence-corrected chi connectivity index (χ3v) is 1.62. The molecule has 0 saturated carbocycles. The Bertz CT molecular complexity index is 317. The normalized spacial score (nSPS) is 10.8. The van der Waals surface area contributed by atoms with E-state index in [1.165, 1.54) is 6.20 Å². The van der Waals surface area contributed by atoms with E-state index in [1.54, 1.807) is 6.08 Å². The van der Waals surface area contributed by atoms with E-state index in [1.807, 2.05) is 13.8 Å². The summed E-state index contributed by atoms with van der Waals surface area (Å²) >= 11 is 0. The molecule has 0 amide bonds. The van der Waals surface area contributed by atoms with Gasteiger partial charge in [0, 0.05) is 0 Å². The molecule has 12 heavy (non-hydrogen) atoms. The monoisotopic (exact) mass is 164 g/mol. The molecule has 0 bridgehead atoms. The largest absolute Gasteiger partial charge is 0.405 e. The molecule has 4 heteroatoms. The number of aryl methyl sites for hydroxylation is 2. The molecule has 1 rings (SSSR count). The average molecular weight is 164 g/mol. The van der Waals surface area contributed by atoms with E-state index in [0.717, 1.165) is 11.4 Å². The maximum absolute atomic E-state index is 5.60. The van der Waals surface area contributed by atoms with Gasteiger partial charge in [-0.3, -0.25) is 0 Å². The summed E-state index contributed by atoms with van der Waals surface area (Å²) in [5, 5.41) is 0. The van der Waals surface area contributed by atoms with Gasteiger partial charge in [0.2, 0.25) is 0 Å². The van der Waals surface area contributed by atoms with Gasteiger partial charge in [0.05, 0.1) is 11.4 Å². The number of nitrogens with two attached hydrogens (primary N) is 2. The SMILES string of the molecule is Cc1nc(N)c(/C=C\N)nc1C. The Morgan fingerprint density at radius 2 is 1.75 bits per heavy atom. The summed E-state index contributed by atoms with van der Waals surface area (Å²) in [6, 6.07) is 0. The number of hydrogen-bond donors (Lipinski definition) is 2. The Hall–Kier alpha value is -1.58. The van der Waals surface area contributed by atoms with E-state index in [0.29, 0.717) is 11.5 Å². The van der Waals surface area contributed by atoms with Crippen LogP contribution in [0.25, 0.3) is 6.08 Å². The fourth-order valence-corrected chi connectivity index (χ4v) is 0.852. The molecule has 0 atom stereocenters. The molecule has 0 spiro atoms. The van der Waals surface area contributed by atoms with Crippen LogP contribution in [0.1, 0.15) is 17.1 Å². The molecule has 0 unspecified atom stereocenters. The zero-order valence-corrected chi connectivity index (χ0v) is 7.20. The highest BCUT2D eigenvalue weighted by molar-refractivity contribution is 5.56. The first-order valence-corrected chi connectivity index (χ1v) is 3.64. The van der Waals surface area contributed by atoms with Crippen molar-refractivity contribution >= 4 is 11.9 Å². The Morgan fingerprint density at radius 1 is 1.17 bits per heavy atom. The van der Waals surface area contributed by atoms with Gasteiger partial charge < -0.3 is 11.5 Å². The molecule has 0 aliphatic rings. The zero-order chi connectivity index (χ0) is 9.14. The number of hydrogen-bond acceptors (Lipinski definition) is 4. The van der Waals surface area contributed by atoms with Gasteiger partial charge in [0.1, 0.15) is 11.5 Å². The van der Waals surface area contributed by atoms with Gasteiger partial charge >= 0.3 is 0 Å². The summed E-state index contributed by atoms with van der Waals surface area (Å²) in [5.74, 6) is 0.416. The van der Waals surface area contributed by atoms with Gasteiger partial charge in [-0.05, 0) is 26.1 Å².